The zero-order valence-electron chi connectivity index (χ0n) is 15.0. The van der Waals surface area contributed by atoms with Crippen LogP contribution in [-0.4, -0.2) is 39.5 Å². The minimum atomic E-state index is 0.466. The van der Waals surface area contributed by atoms with Gasteiger partial charge in [0.25, 0.3) is 0 Å². The number of fused-ring (bicyclic) bond motifs is 1. The molecule has 1 aliphatic heterocycles. The molecular weight excluding hydrogens is 326 g/mol. The Morgan fingerprint density at radius 2 is 2.04 bits per heavy atom. The van der Waals surface area contributed by atoms with Crippen LogP contribution in [0.25, 0.3) is 5.65 Å². The lowest BCUT2D eigenvalue weighted by molar-refractivity contribution is 0.414. The second-order valence-corrected chi connectivity index (χ2v) is 7.34. The van der Waals surface area contributed by atoms with Crippen LogP contribution in [0.2, 0.25) is 0 Å². The summed E-state index contributed by atoms with van der Waals surface area (Å²) in [5, 5.41) is 13.5. The molecular formula is C20H23N5O. The maximum absolute atomic E-state index is 5.37. The van der Waals surface area contributed by atoms with Gasteiger partial charge in [0.1, 0.15) is 11.6 Å². The van der Waals surface area contributed by atoms with Crippen LogP contribution in [0.5, 0.6) is 5.75 Å². The minimum absolute atomic E-state index is 0.466. The number of hydrogen-bond donors (Lipinski definition) is 0. The van der Waals surface area contributed by atoms with E-state index >= 15 is 0 Å². The lowest BCUT2D eigenvalue weighted by atomic mass is 10.0. The molecule has 134 valence electrons. The Kier molecular flexibility index (Phi) is 3.76. The van der Waals surface area contributed by atoms with Crippen LogP contribution in [0.15, 0.2) is 36.4 Å². The van der Waals surface area contributed by atoms with Crippen molar-refractivity contribution in [2.24, 2.45) is 0 Å². The summed E-state index contributed by atoms with van der Waals surface area (Å²) in [5.41, 5.74) is 2.16. The van der Waals surface area contributed by atoms with Gasteiger partial charge in [-0.05, 0) is 61.9 Å². The molecule has 2 aliphatic rings. The van der Waals surface area contributed by atoms with E-state index in [1.807, 2.05) is 16.6 Å². The highest BCUT2D eigenvalue weighted by molar-refractivity contribution is 5.48. The second kappa shape index (κ2) is 6.27. The fourth-order valence-electron chi connectivity index (χ4n) is 3.97. The summed E-state index contributed by atoms with van der Waals surface area (Å²) in [4.78, 5) is 2.44. The quantitative estimate of drug-likeness (QED) is 0.708. The van der Waals surface area contributed by atoms with Crippen molar-refractivity contribution >= 4 is 11.5 Å². The van der Waals surface area contributed by atoms with Gasteiger partial charge in [0, 0.05) is 18.5 Å². The van der Waals surface area contributed by atoms with Gasteiger partial charge in [0.05, 0.1) is 7.11 Å². The number of anilines is 1. The van der Waals surface area contributed by atoms with E-state index in [-0.39, 0.29) is 0 Å². The summed E-state index contributed by atoms with van der Waals surface area (Å²) in [5.74, 6) is 3.51. The van der Waals surface area contributed by atoms with E-state index in [4.69, 9.17) is 9.84 Å². The topological polar surface area (TPSA) is 55.5 Å². The summed E-state index contributed by atoms with van der Waals surface area (Å²) in [6, 6.07) is 13.0. The summed E-state index contributed by atoms with van der Waals surface area (Å²) in [6.45, 7) is 1.05. The first kappa shape index (κ1) is 15.6. The Bertz CT molecular complexity index is 933. The zero-order chi connectivity index (χ0) is 17.5. The summed E-state index contributed by atoms with van der Waals surface area (Å²) in [7, 11) is 1.72. The van der Waals surface area contributed by atoms with Crippen molar-refractivity contribution in [3.05, 3.63) is 47.8 Å². The fourth-order valence-corrected chi connectivity index (χ4v) is 3.97. The fraction of sp³-hybridized carbons (Fsp3) is 0.450. The molecule has 0 bridgehead atoms. The van der Waals surface area contributed by atoms with Crippen molar-refractivity contribution in [2.45, 2.75) is 44.1 Å². The zero-order valence-corrected chi connectivity index (χ0v) is 15.0. The van der Waals surface area contributed by atoms with Crippen LogP contribution in [0.3, 0.4) is 0 Å². The van der Waals surface area contributed by atoms with Crippen molar-refractivity contribution in [1.82, 2.24) is 19.8 Å². The molecule has 2 fully saturated rings. The van der Waals surface area contributed by atoms with Gasteiger partial charge in [-0.2, -0.15) is 4.52 Å². The molecule has 1 saturated heterocycles. The monoisotopic (exact) mass is 349 g/mol. The van der Waals surface area contributed by atoms with Gasteiger partial charge >= 0.3 is 0 Å². The molecule has 6 nitrogen and oxygen atoms in total. The minimum Gasteiger partial charge on any atom is -0.497 e. The number of nitrogens with zero attached hydrogens (tertiary/aromatic N) is 5. The molecule has 0 amide bonds. The van der Waals surface area contributed by atoms with Gasteiger partial charge in [0.2, 0.25) is 0 Å². The van der Waals surface area contributed by atoms with Gasteiger partial charge in [-0.1, -0.05) is 12.1 Å². The Labute approximate surface area is 152 Å². The van der Waals surface area contributed by atoms with Crippen LogP contribution >= 0.6 is 0 Å². The highest BCUT2D eigenvalue weighted by atomic mass is 16.5. The second-order valence-electron chi connectivity index (χ2n) is 7.34. The van der Waals surface area contributed by atoms with Crippen LogP contribution in [0.4, 0.5) is 5.82 Å². The van der Waals surface area contributed by atoms with Gasteiger partial charge in [-0.3, -0.25) is 0 Å². The molecule has 1 atom stereocenters. The Hall–Kier alpha value is -2.63. The number of methoxy groups -OCH3 is 1. The number of rotatable bonds is 5. The number of aromatic nitrogens is 4. The third-order valence-electron chi connectivity index (χ3n) is 5.49. The van der Waals surface area contributed by atoms with Crippen molar-refractivity contribution < 1.29 is 4.74 Å². The van der Waals surface area contributed by atoms with Crippen molar-refractivity contribution in [2.75, 3.05) is 18.6 Å². The van der Waals surface area contributed by atoms with E-state index in [2.05, 4.69) is 39.4 Å². The first-order valence-corrected chi connectivity index (χ1v) is 9.44. The standard InChI is InChI=1S/C20H23N5O/c1-26-17-6-2-4-14(13-17)12-16-5-3-11-24(16)19-10-9-18-21-22-20(15-7-8-15)25(18)23-19/h2,4,6,9-10,13,15-16H,3,5,7-8,11-12H2,1H3/t16-/m1/s1. The van der Waals surface area contributed by atoms with E-state index in [0.29, 0.717) is 12.0 Å². The van der Waals surface area contributed by atoms with Gasteiger partial charge < -0.3 is 9.64 Å². The Morgan fingerprint density at radius 1 is 1.12 bits per heavy atom. The van der Waals surface area contributed by atoms with Crippen molar-refractivity contribution in [1.29, 1.82) is 0 Å². The summed E-state index contributed by atoms with van der Waals surface area (Å²) < 4.78 is 7.32. The molecule has 3 heterocycles. The van der Waals surface area contributed by atoms with Crippen LogP contribution in [0, 0.1) is 0 Å². The first-order chi connectivity index (χ1) is 12.8. The van der Waals surface area contributed by atoms with Gasteiger partial charge in [0.15, 0.2) is 11.5 Å². The molecule has 3 aromatic rings. The molecule has 0 unspecified atom stereocenters. The van der Waals surface area contributed by atoms with Crippen LogP contribution in [-0.2, 0) is 6.42 Å². The van der Waals surface area contributed by atoms with Crippen molar-refractivity contribution in [3.8, 4) is 5.75 Å². The molecule has 1 aromatic carbocycles. The predicted molar refractivity (Wildman–Crippen MR) is 99.8 cm³/mol. The van der Waals surface area contributed by atoms with E-state index < -0.39 is 0 Å². The molecule has 26 heavy (non-hydrogen) atoms. The van der Waals surface area contributed by atoms with E-state index in [1.54, 1.807) is 7.11 Å². The normalized spacial score (nSPS) is 20.0. The predicted octanol–water partition coefficient (Wildman–Crippen LogP) is 3.22. The highest BCUT2D eigenvalue weighted by Gasteiger charge is 2.30. The lowest BCUT2D eigenvalue weighted by Crippen LogP contribution is -2.32. The molecule has 0 N–H and O–H groups in total. The summed E-state index contributed by atoms with van der Waals surface area (Å²) in [6.07, 6.45) is 5.80. The van der Waals surface area contributed by atoms with Crippen LogP contribution in [0.1, 0.15) is 43.0 Å². The molecule has 5 rings (SSSR count). The SMILES string of the molecule is COc1cccc(C[C@H]2CCCN2c2ccc3nnc(C4CC4)n3n2)c1. The highest BCUT2D eigenvalue weighted by Crippen LogP contribution is 2.39. The molecule has 1 aliphatic carbocycles. The lowest BCUT2D eigenvalue weighted by Gasteiger charge is -2.26. The van der Waals surface area contributed by atoms with Gasteiger partial charge in [-0.15, -0.1) is 15.3 Å². The Balaban J connectivity index is 1.42. The number of ether oxygens (including phenoxy) is 1. The third-order valence-corrected chi connectivity index (χ3v) is 5.49. The van der Waals surface area contributed by atoms with Crippen LogP contribution < -0.4 is 9.64 Å². The van der Waals surface area contributed by atoms with Crippen molar-refractivity contribution in [3.63, 3.8) is 0 Å². The average molecular weight is 349 g/mol. The smallest absolute Gasteiger partial charge is 0.178 e. The van der Waals surface area contributed by atoms with E-state index in [0.717, 1.165) is 36.0 Å². The Morgan fingerprint density at radius 3 is 2.88 bits per heavy atom. The number of benzene rings is 1. The molecule has 1 saturated carbocycles. The van der Waals surface area contributed by atoms with Gasteiger partial charge in [-0.25, -0.2) is 0 Å². The largest absolute Gasteiger partial charge is 0.497 e. The number of hydrogen-bond acceptors (Lipinski definition) is 5. The third kappa shape index (κ3) is 2.79. The van der Waals surface area contributed by atoms with E-state index in [1.165, 1.54) is 31.2 Å². The molecule has 2 aromatic heterocycles. The molecule has 0 radical (unpaired) electrons. The molecule has 6 heteroatoms. The maximum atomic E-state index is 5.37. The average Bonchev–Trinajstić information content (AvgIpc) is 3.26. The van der Waals surface area contributed by atoms with E-state index in [9.17, 15) is 0 Å². The first-order valence-electron chi connectivity index (χ1n) is 9.44. The summed E-state index contributed by atoms with van der Waals surface area (Å²) >= 11 is 0. The molecule has 0 spiro atoms. The maximum Gasteiger partial charge on any atom is 0.178 e.